The quantitative estimate of drug-likeness (QED) is 0.330. The number of hydrogen-bond donors (Lipinski definition) is 2. The van der Waals surface area contributed by atoms with E-state index in [9.17, 15) is 0 Å². The van der Waals surface area contributed by atoms with Crippen molar-refractivity contribution >= 4 is 11.6 Å². The van der Waals surface area contributed by atoms with Gasteiger partial charge in [0.1, 0.15) is 0 Å². The van der Waals surface area contributed by atoms with Crippen LogP contribution in [0.15, 0.2) is 71.4 Å². The van der Waals surface area contributed by atoms with E-state index in [1.54, 1.807) is 0 Å². The average Bonchev–Trinajstić information content (AvgIpc) is 3.71. The SMILES string of the molecule is Cc1nc(-c2ccc(N3C[C@@H]4C[C@H](N[C@@H]5CCCC[C@H]5Nc5nccc(-c6ccccc6)n5)[C@H]3C4)cc2)no1. The third-order valence-corrected chi connectivity index (χ3v) is 8.70. The third kappa shape index (κ3) is 5.01. The lowest BCUT2D eigenvalue weighted by atomic mass is 9.89. The van der Waals surface area contributed by atoms with Gasteiger partial charge in [-0.15, -0.1) is 0 Å². The number of nitrogens with zero attached hydrogens (tertiary/aromatic N) is 5. The van der Waals surface area contributed by atoms with Gasteiger partial charge in [-0.2, -0.15) is 4.98 Å². The monoisotopic (exact) mass is 521 g/mol. The van der Waals surface area contributed by atoms with E-state index in [4.69, 9.17) is 9.51 Å². The summed E-state index contributed by atoms with van der Waals surface area (Å²) in [4.78, 5) is 16.4. The number of hydrogen-bond acceptors (Lipinski definition) is 8. The van der Waals surface area contributed by atoms with Crippen molar-refractivity contribution in [2.24, 2.45) is 5.92 Å². The van der Waals surface area contributed by atoms with Crippen LogP contribution in [0.2, 0.25) is 0 Å². The molecule has 4 aromatic rings. The zero-order valence-electron chi connectivity index (χ0n) is 22.3. The molecule has 2 aromatic carbocycles. The highest BCUT2D eigenvalue weighted by Gasteiger charge is 2.46. The molecule has 0 radical (unpaired) electrons. The van der Waals surface area contributed by atoms with Crippen LogP contribution in [0.5, 0.6) is 0 Å². The molecule has 1 saturated heterocycles. The van der Waals surface area contributed by atoms with Gasteiger partial charge in [0.05, 0.1) is 5.69 Å². The van der Waals surface area contributed by atoms with Crippen LogP contribution in [0.25, 0.3) is 22.6 Å². The summed E-state index contributed by atoms with van der Waals surface area (Å²) < 4.78 is 5.15. The van der Waals surface area contributed by atoms with E-state index in [-0.39, 0.29) is 0 Å². The number of rotatable bonds is 7. The Morgan fingerprint density at radius 1 is 0.846 bits per heavy atom. The fraction of sp³-hybridized carbons (Fsp3) is 0.419. The maximum absolute atomic E-state index is 5.15. The molecule has 8 heteroatoms. The molecule has 2 N–H and O–H groups in total. The minimum atomic E-state index is 0.329. The lowest BCUT2D eigenvalue weighted by Gasteiger charge is -2.40. The number of fused-ring (bicyclic) bond motifs is 2. The van der Waals surface area contributed by atoms with E-state index in [0.717, 1.165) is 41.7 Å². The van der Waals surface area contributed by atoms with Crippen molar-refractivity contribution in [2.75, 3.05) is 16.8 Å². The number of nitrogens with one attached hydrogen (secondary N) is 2. The predicted octanol–water partition coefficient (Wildman–Crippen LogP) is 5.48. The van der Waals surface area contributed by atoms with E-state index in [2.05, 4.69) is 67.1 Å². The number of aromatic nitrogens is 4. The Labute approximate surface area is 229 Å². The molecule has 2 aliphatic carbocycles. The predicted molar refractivity (Wildman–Crippen MR) is 152 cm³/mol. The van der Waals surface area contributed by atoms with Crippen molar-refractivity contribution in [3.63, 3.8) is 0 Å². The third-order valence-electron chi connectivity index (χ3n) is 8.70. The molecule has 2 bridgehead atoms. The second-order valence-electron chi connectivity index (χ2n) is 11.3. The summed E-state index contributed by atoms with van der Waals surface area (Å²) in [5, 5.41) is 11.9. The fourth-order valence-electron chi connectivity index (χ4n) is 6.86. The van der Waals surface area contributed by atoms with Gasteiger partial charge in [-0.3, -0.25) is 0 Å². The summed E-state index contributed by atoms with van der Waals surface area (Å²) in [6.45, 7) is 2.95. The summed E-state index contributed by atoms with van der Waals surface area (Å²) >= 11 is 0. The van der Waals surface area contributed by atoms with Gasteiger partial charge in [0.2, 0.25) is 17.7 Å². The smallest absolute Gasteiger partial charge is 0.223 e. The maximum Gasteiger partial charge on any atom is 0.223 e. The van der Waals surface area contributed by atoms with Crippen LogP contribution >= 0.6 is 0 Å². The molecule has 2 saturated carbocycles. The lowest BCUT2D eigenvalue weighted by Crippen LogP contribution is -2.56. The second kappa shape index (κ2) is 10.4. The van der Waals surface area contributed by atoms with Crippen LogP contribution in [-0.4, -0.2) is 50.8 Å². The first-order chi connectivity index (χ1) is 19.2. The molecule has 0 unspecified atom stereocenters. The van der Waals surface area contributed by atoms with Crippen LogP contribution in [0.1, 0.15) is 44.4 Å². The van der Waals surface area contributed by atoms with Gasteiger partial charge in [-0.05, 0) is 61.9 Å². The van der Waals surface area contributed by atoms with Crippen LogP contribution in [0.3, 0.4) is 0 Å². The van der Waals surface area contributed by atoms with Crippen molar-refractivity contribution in [1.82, 2.24) is 25.4 Å². The molecule has 39 heavy (non-hydrogen) atoms. The zero-order valence-corrected chi connectivity index (χ0v) is 22.3. The van der Waals surface area contributed by atoms with Gasteiger partial charge in [0.15, 0.2) is 0 Å². The normalized spacial score (nSPS) is 26.2. The average molecular weight is 522 g/mol. The summed E-state index contributed by atoms with van der Waals surface area (Å²) in [7, 11) is 0. The highest BCUT2D eigenvalue weighted by molar-refractivity contribution is 5.61. The largest absolute Gasteiger partial charge is 0.367 e. The molecule has 3 aliphatic rings. The molecule has 0 amide bonds. The first-order valence-electron chi connectivity index (χ1n) is 14.3. The number of piperidine rings is 1. The zero-order chi connectivity index (χ0) is 26.2. The Morgan fingerprint density at radius 3 is 2.44 bits per heavy atom. The molecule has 200 valence electrons. The van der Waals surface area contributed by atoms with Gasteiger partial charge in [-0.1, -0.05) is 48.3 Å². The van der Waals surface area contributed by atoms with Crippen molar-refractivity contribution in [3.05, 3.63) is 72.8 Å². The molecule has 7 rings (SSSR count). The van der Waals surface area contributed by atoms with E-state index < -0.39 is 0 Å². The van der Waals surface area contributed by atoms with Gasteiger partial charge in [0.25, 0.3) is 0 Å². The van der Waals surface area contributed by atoms with E-state index in [1.165, 1.54) is 37.8 Å². The fourth-order valence-corrected chi connectivity index (χ4v) is 6.86. The van der Waals surface area contributed by atoms with Crippen molar-refractivity contribution < 1.29 is 4.52 Å². The van der Waals surface area contributed by atoms with Crippen LogP contribution < -0.4 is 15.5 Å². The summed E-state index contributed by atoms with van der Waals surface area (Å²) in [5.74, 6) is 2.70. The summed E-state index contributed by atoms with van der Waals surface area (Å²) in [5.41, 5.74) is 4.34. The van der Waals surface area contributed by atoms with Crippen LogP contribution in [-0.2, 0) is 0 Å². The number of benzene rings is 2. The Kier molecular flexibility index (Phi) is 6.48. The standard InChI is InChI=1S/C31H35N7O/c1-20-33-30(37-39-20)23-11-13-24(14-12-23)38-19-21-17-28(29(38)18-21)34-26-9-5-6-10-27(26)36-31-32-16-15-25(35-31)22-7-3-2-4-8-22/h2-4,7-8,11-16,21,26-29,34H,5-6,9-10,17-19H2,1H3,(H,32,35,36)/t21-,26-,27-,28+,29-/m1/s1. The van der Waals surface area contributed by atoms with Gasteiger partial charge in [0, 0.05) is 60.6 Å². The Hall–Kier alpha value is -3.78. The minimum absolute atomic E-state index is 0.329. The molecule has 8 nitrogen and oxygen atoms in total. The van der Waals surface area contributed by atoms with E-state index >= 15 is 0 Å². The first-order valence-corrected chi connectivity index (χ1v) is 14.3. The molecule has 2 aromatic heterocycles. The minimum Gasteiger partial charge on any atom is -0.367 e. The molecule has 0 spiro atoms. The van der Waals surface area contributed by atoms with Crippen molar-refractivity contribution in [2.45, 2.75) is 69.6 Å². The lowest BCUT2D eigenvalue weighted by molar-refractivity contribution is 0.289. The first kappa shape index (κ1) is 24.3. The van der Waals surface area contributed by atoms with Crippen molar-refractivity contribution in [1.29, 1.82) is 0 Å². The second-order valence-corrected chi connectivity index (χ2v) is 11.3. The van der Waals surface area contributed by atoms with E-state index in [1.807, 2.05) is 37.4 Å². The van der Waals surface area contributed by atoms with Crippen molar-refractivity contribution in [3.8, 4) is 22.6 Å². The molecule has 1 aliphatic heterocycles. The van der Waals surface area contributed by atoms with Crippen LogP contribution in [0, 0.1) is 12.8 Å². The molecular formula is C31H35N7O. The highest BCUT2D eigenvalue weighted by atomic mass is 16.5. The molecule has 3 heterocycles. The topological polar surface area (TPSA) is 92.0 Å². The number of anilines is 2. The number of aryl methyl sites for hydroxylation is 1. The Morgan fingerprint density at radius 2 is 1.67 bits per heavy atom. The van der Waals surface area contributed by atoms with Gasteiger partial charge >= 0.3 is 0 Å². The molecular weight excluding hydrogens is 486 g/mol. The Balaban J connectivity index is 1.03. The maximum atomic E-state index is 5.15. The van der Waals surface area contributed by atoms with Gasteiger partial charge < -0.3 is 20.1 Å². The van der Waals surface area contributed by atoms with Gasteiger partial charge in [-0.25, -0.2) is 9.97 Å². The van der Waals surface area contributed by atoms with E-state index in [0.29, 0.717) is 35.9 Å². The Bertz CT molecular complexity index is 1410. The van der Waals surface area contributed by atoms with Crippen LogP contribution in [0.4, 0.5) is 11.6 Å². The molecule has 5 atom stereocenters. The highest BCUT2D eigenvalue weighted by Crippen LogP contribution is 2.41. The summed E-state index contributed by atoms with van der Waals surface area (Å²) in [6, 6.07) is 22.7. The molecule has 3 fully saturated rings. The summed E-state index contributed by atoms with van der Waals surface area (Å²) in [6.07, 6.45) is 9.20.